The van der Waals surface area contributed by atoms with Crippen molar-refractivity contribution in [3.05, 3.63) is 0 Å². The van der Waals surface area contributed by atoms with Crippen molar-refractivity contribution in [1.82, 2.24) is 0 Å². The fourth-order valence-corrected chi connectivity index (χ4v) is 2.94. The van der Waals surface area contributed by atoms with Crippen LogP contribution in [-0.4, -0.2) is 6.54 Å². The van der Waals surface area contributed by atoms with E-state index in [9.17, 15) is 0 Å². The lowest BCUT2D eigenvalue weighted by molar-refractivity contribution is 0.0790. The third-order valence-corrected chi connectivity index (χ3v) is 4.10. The summed E-state index contributed by atoms with van der Waals surface area (Å²) in [7, 11) is 0. The molecule has 1 aliphatic rings. The first kappa shape index (κ1) is 12.0. The first-order chi connectivity index (χ1) is 6.37. The molecular formula is C13H27N. The van der Waals surface area contributed by atoms with Crippen molar-refractivity contribution in [2.45, 2.75) is 59.8 Å². The van der Waals surface area contributed by atoms with E-state index in [2.05, 4.69) is 27.7 Å². The first-order valence-corrected chi connectivity index (χ1v) is 6.07. The van der Waals surface area contributed by atoms with Crippen molar-refractivity contribution in [3.63, 3.8) is 0 Å². The van der Waals surface area contributed by atoms with Crippen LogP contribution in [0.2, 0.25) is 0 Å². The predicted octanol–water partition coefficient (Wildman–Crippen LogP) is 3.58. The quantitative estimate of drug-likeness (QED) is 0.735. The second-order valence-corrected chi connectivity index (χ2v) is 6.48. The van der Waals surface area contributed by atoms with E-state index >= 15 is 0 Å². The zero-order valence-corrected chi connectivity index (χ0v) is 10.4. The highest BCUT2D eigenvalue weighted by molar-refractivity contribution is 4.87. The van der Waals surface area contributed by atoms with Gasteiger partial charge in [-0.2, -0.15) is 0 Å². The summed E-state index contributed by atoms with van der Waals surface area (Å²) in [5.74, 6) is 0.884. The molecule has 84 valence electrons. The van der Waals surface area contributed by atoms with E-state index in [1.807, 2.05) is 0 Å². The fraction of sp³-hybridized carbons (Fsp3) is 1.00. The Kier molecular flexibility index (Phi) is 3.63. The summed E-state index contributed by atoms with van der Waals surface area (Å²) in [6.07, 6.45) is 6.79. The molecule has 1 heteroatoms. The molecule has 0 aromatic rings. The minimum Gasteiger partial charge on any atom is -0.330 e. The molecule has 1 fully saturated rings. The van der Waals surface area contributed by atoms with Gasteiger partial charge >= 0.3 is 0 Å². The highest BCUT2D eigenvalue weighted by Crippen LogP contribution is 2.47. The summed E-state index contributed by atoms with van der Waals surface area (Å²) >= 11 is 0. The molecule has 1 unspecified atom stereocenters. The lowest BCUT2D eigenvalue weighted by Crippen LogP contribution is -2.34. The van der Waals surface area contributed by atoms with Crippen LogP contribution < -0.4 is 5.73 Å². The van der Waals surface area contributed by atoms with Crippen molar-refractivity contribution in [3.8, 4) is 0 Å². The fourth-order valence-electron chi connectivity index (χ4n) is 2.94. The Labute approximate surface area is 89.5 Å². The average Bonchev–Trinajstić information content (AvgIpc) is 2.02. The van der Waals surface area contributed by atoms with Crippen LogP contribution in [0.4, 0.5) is 0 Å². The van der Waals surface area contributed by atoms with Gasteiger partial charge in [0, 0.05) is 0 Å². The van der Waals surface area contributed by atoms with Gasteiger partial charge in [0.15, 0.2) is 0 Å². The van der Waals surface area contributed by atoms with Gasteiger partial charge in [-0.25, -0.2) is 0 Å². The smallest absolute Gasteiger partial charge is 0.00721 e. The van der Waals surface area contributed by atoms with Crippen LogP contribution in [-0.2, 0) is 0 Å². The molecule has 0 saturated heterocycles. The Morgan fingerprint density at radius 1 is 1.36 bits per heavy atom. The lowest BCUT2D eigenvalue weighted by atomic mass is 9.62. The summed E-state index contributed by atoms with van der Waals surface area (Å²) in [6.45, 7) is 10.5. The molecule has 0 spiro atoms. The van der Waals surface area contributed by atoms with E-state index in [0.717, 1.165) is 12.5 Å². The molecule has 1 rings (SSSR count). The highest BCUT2D eigenvalue weighted by atomic mass is 14.5. The number of hydrogen-bond donors (Lipinski definition) is 1. The van der Waals surface area contributed by atoms with Crippen LogP contribution in [0.5, 0.6) is 0 Å². The van der Waals surface area contributed by atoms with Gasteiger partial charge in [-0.05, 0) is 49.0 Å². The summed E-state index contributed by atoms with van der Waals surface area (Å²) in [6, 6.07) is 0. The van der Waals surface area contributed by atoms with Gasteiger partial charge in [-0.15, -0.1) is 0 Å². The summed E-state index contributed by atoms with van der Waals surface area (Å²) < 4.78 is 0. The third-order valence-electron chi connectivity index (χ3n) is 4.10. The van der Waals surface area contributed by atoms with Gasteiger partial charge in [0.05, 0.1) is 0 Å². The standard InChI is InChI=1S/C13H27N/c1-12(2)7-5-6-11(10-12)13(3,4)8-9-14/h11H,5-10,14H2,1-4H3. The molecule has 1 aliphatic carbocycles. The van der Waals surface area contributed by atoms with Crippen LogP contribution in [0.25, 0.3) is 0 Å². The molecule has 14 heavy (non-hydrogen) atoms. The molecule has 0 heterocycles. The topological polar surface area (TPSA) is 26.0 Å². The number of hydrogen-bond acceptors (Lipinski definition) is 1. The molecular weight excluding hydrogens is 170 g/mol. The Hall–Kier alpha value is -0.0400. The van der Waals surface area contributed by atoms with E-state index in [1.54, 1.807) is 0 Å². The molecule has 0 aromatic heterocycles. The largest absolute Gasteiger partial charge is 0.330 e. The van der Waals surface area contributed by atoms with E-state index in [0.29, 0.717) is 10.8 Å². The Bertz CT molecular complexity index is 182. The minimum atomic E-state index is 0.451. The van der Waals surface area contributed by atoms with Gasteiger partial charge in [-0.3, -0.25) is 0 Å². The van der Waals surface area contributed by atoms with Gasteiger partial charge in [0.25, 0.3) is 0 Å². The van der Waals surface area contributed by atoms with Gasteiger partial charge in [0.1, 0.15) is 0 Å². The van der Waals surface area contributed by atoms with Crippen molar-refractivity contribution in [2.75, 3.05) is 6.54 Å². The van der Waals surface area contributed by atoms with Crippen molar-refractivity contribution < 1.29 is 0 Å². The second kappa shape index (κ2) is 4.22. The summed E-state index contributed by atoms with van der Waals surface area (Å²) in [5.41, 5.74) is 6.70. The maximum atomic E-state index is 5.69. The van der Waals surface area contributed by atoms with Crippen LogP contribution in [0.15, 0.2) is 0 Å². The van der Waals surface area contributed by atoms with E-state index in [1.165, 1.54) is 32.1 Å². The predicted molar refractivity (Wildman–Crippen MR) is 63.2 cm³/mol. The van der Waals surface area contributed by atoms with E-state index in [4.69, 9.17) is 5.73 Å². The summed E-state index contributed by atoms with van der Waals surface area (Å²) in [4.78, 5) is 0. The normalized spacial score (nSPS) is 27.6. The first-order valence-electron chi connectivity index (χ1n) is 6.07. The zero-order valence-electron chi connectivity index (χ0n) is 10.4. The Balaban J connectivity index is 2.59. The monoisotopic (exact) mass is 197 g/mol. The number of rotatable bonds is 3. The molecule has 2 N–H and O–H groups in total. The van der Waals surface area contributed by atoms with E-state index in [-0.39, 0.29) is 0 Å². The maximum Gasteiger partial charge on any atom is -0.00721 e. The Morgan fingerprint density at radius 3 is 2.50 bits per heavy atom. The van der Waals surface area contributed by atoms with Crippen LogP contribution >= 0.6 is 0 Å². The maximum absolute atomic E-state index is 5.69. The molecule has 1 atom stereocenters. The SMILES string of the molecule is CC1(C)CCCC(C(C)(C)CCN)C1. The van der Waals surface area contributed by atoms with Crippen molar-refractivity contribution in [2.24, 2.45) is 22.5 Å². The van der Waals surface area contributed by atoms with Gasteiger partial charge < -0.3 is 5.73 Å². The molecule has 0 aromatic carbocycles. The zero-order chi connectivity index (χ0) is 10.8. The van der Waals surface area contributed by atoms with Crippen LogP contribution in [0.3, 0.4) is 0 Å². The lowest BCUT2D eigenvalue weighted by Gasteiger charge is -2.43. The highest BCUT2D eigenvalue weighted by Gasteiger charge is 2.36. The van der Waals surface area contributed by atoms with E-state index < -0.39 is 0 Å². The average molecular weight is 197 g/mol. The second-order valence-electron chi connectivity index (χ2n) is 6.48. The molecule has 0 amide bonds. The van der Waals surface area contributed by atoms with Crippen LogP contribution in [0, 0.1) is 16.7 Å². The molecule has 1 nitrogen and oxygen atoms in total. The third kappa shape index (κ3) is 2.98. The Morgan fingerprint density at radius 2 is 2.00 bits per heavy atom. The molecule has 0 bridgehead atoms. The van der Waals surface area contributed by atoms with Crippen molar-refractivity contribution >= 4 is 0 Å². The van der Waals surface area contributed by atoms with Crippen molar-refractivity contribution in [1.29, 1.82) is 0 Å². The minimum absolute atomic E-state index is 0.451. The van der Waals surface area contributed by atoms with Crippen LogP contribution in [0.1, 0.15) is 59.8 Å². The van der Waals surface area contributed by atoms with Gasteiger partial charge in [0.2, 0.25) is 0 Å². The molecule has 1 saturated carbocycles. The number of nitrogens with two attached hydrogens (primary N) is 1. The van der Waals surface area contributed by atoms with Gasteiger partial charge in [-0.1, -0.05) is 34.1 Å². The summed E-state index contributed by atoms with van der Waals surface area (Å²) in [5, 5.41) is 0. The molecule has 0 aliphatic heterocycles. The molecule has 0 radical (unpaired) electrons.